The number of fused-ring (bicyclic) bond motifs is 1. The average molecular weight is 340 g/mol. The lowest BCUT2D eigenvalue weighted by atomic mass is 10.1. The lowest BCUT2D eigenvalue weighted by molar-refractivity contribution is -0.143. The van der Waals surface area contributed by atoms with Gasteiger partial charge < -0.3 is 9.47 Å². The number of halogens is 1. The summed E-state index contributed by atoms with van der Waals surface area (Å²) in [5.41, 5.74) is 0.731. The van der Waals surface area contributed by atoms with E-state index < -0.39 is 11.3 Å². The molecule has 2 rings (SSSR count). The van der Waals surface area contributed by atoms with Crippen LogP contribution in [0.4, 0.5) is 5.69 Å². The maximum atomic E-state index is 12.1. The number of benzene rings is 1. The highest BCUT2D eigenvalue weighted by Gasteiger charge is 2.29. The van der Waals surface area contributed by atoms with Crippen molar-refractivity contribution in [3.8, 4) is 5.75 Å². The third-order valence-electron chi connectivity index (χ3n) is 3.30. The third kappa shape index (κ3) is 4.01. The lowest BCUT2D eigenvalue weighted by Gasteiger charge is -2.29. The second-order valence-electron chi connectivity index (χ2n) is 5.15. The first-order valence-electron chi connectivity index (χ1n) is 7.35. The van der Waals surface area contributed by atoms with Crippen molar-refractivity contribution in [1.82, 2.24) is 0 Å². The number of nitrogens with zero attached hydrogens (tertiary/aromatic N) is 1. The Morgan fingerprint density at radius 2 is 2.17 bits per heavy atom. The number of esters is 1. The van der Waals surface area contributed by atoms with Crippen LogP contribution in [-0.2, 0) is 14.3 Å². The van der Waals surface area contributed by atoms with Crippen molar-refractivity contribution in [2.24, 2.45) is 0 Å². The second kappa shape index (κ2) is 7.46. The van der Waals surface area contributed by atoms with E-state index in [0.29, 0.717) is 30.0 Å². The van der Waals surface area contributed by atoms with Gasteiger partial charge in [-0.15, -0.1) is 11.6 Å². The third-order valence-corrected chi connectivity index (χ3v) is 3.50. The molecule has 0 saturated carbocycles. The van der Waals surface area contributed by atoms with Crippen LogP contribution in [0.15, 0.2) is 18.2 Å². The van der Waals surface area contributed by atoms with E-state index in [-0.39, 0.29) is 24.8 Å². The van der Waals surface area contributed by atoms with Crippen molar-refractivity contribution >= 4 is 34.9 Å². The van der Waals surface area contributed by atoms with E-state index in [1.807, 2.05) is 6.92 Å². The summed E-state index contributed by atoms with van der Waals surface area (Å²) in [7, 11) is 0. The Morgan fingerprint density at radius 3 is 2.83 bits per heavy atom. The molecule has 7 heteroatoms. The number of carbonyl (C=O) groups excluding carboxylic acids is 3. The molecule has 0 bridgehead atoms. The lowest BCUT2D eigenvalue weighted by Crippen LogP contribution is -2.42. The molecular formula is C16H18ClNO5. The summed E-state index contributed by atoms with van der Waals surface area (Å²) in [4.78, 5) is 37.2. The van der Waals surface area contributed by atoms with Gasteiger partial charge in [0, 0.05) is 5.56 Å². The van der Waals surface area contributed by atoms with Crippen molar-refractivity contribution in [3.63, 3.8) is 0 Å². The first-order valence-corrected chi connectivity index (χ1v) is 7.78. The number of ketones is 1. The molecule has 1 aromatic carbocycles. The number of amides is 1. The van der Waals surface area contributed by atoms with Crippen molar-refractivity contribution in [2.75, 3.05) is 24.7 Å². The Kier molecular flexibility index (Phi) is 5.60. The zero-order valence-electron chi connectivity index (χ0n) is 13.0. The van der Waals surface area contributed by atoms with E-state index in [9.17, 15) is 14.4 Å². The number of Topliss-reactive ketones (excluding diaryl/α,β-unsaturated/α-hetero) is 1. The van der Waals surface area contributed by atoms with Gasteiger partial charge in [-0.3, -0.25) is 19.3 Å². The Morgan fingerprint density at radius 1 is 1.43 bits per heavy atom. The summed E-state index contributed by atoms with van der Waals surface area (Å²) in [5.74, 6) is -0.697. The minimum absolute atomic E-state index is 0.159. The molecule has 23 heavy (non-hydrogen) atoms. The highest BCUT2D eigenvalue weighted by atomic mass is 35.5. The van der Waals surface area contributed by atoms with Crippen LogP contribution in [0.5, 0.6) is 5.75 Å². The molecule has 0 aliphatic carbocycles. The number of hydrogen-bond donors (Lipinski definition) is 0. The van der Waals surface area contributed by atoms with Crippen LogP contribution in [0.25, 0.3) is 0 Å². The van der Waals surface area contributed by atoms with Crippen LogP contribution in [0, 0.1) is 0 Å². The SMILES string of the molecule is CCCOC(=O)CN1C(=O)COc2ccc(C(=O)C(C)Cl)cc21. The summed E-state index contributed by atoms with van der Waals surface area (Å²) in [5, 5.41) is -0.684. The fraction of sp³-hybridized carbons (Fsp3) is 0.438. The van der Waals surface area contributed by atoms with E-state index in [0.717, 1.165) is 0 Å². The van der Waals surface area contributed by atoms with Gasteiger partial charge in [0.25, 0.3) is 5.91 Å². The molecular weight excluding hydrogens is 322 g/mol. The summed E-state index contributed by atoms with van der Waals surface area (Å²) < 4.78 is 10.3. The molecule has 1 heterocycles. The fourth-order valence-corrected chi connectivity index (χ4v) is 2.28. The van der Waals surface area contributed by atoms with Crippen LogP contribution < -0.4 is 9.64 Å². The van der Waals surface area contributed by atoms with Crippen molar-refractivity contribution in [3.05, 3.63) is 23.8 Å². The van der Waals surface area contributed by atoms with E-state index >= 15 is 0 Å². The molecule has 0 aromatic heterocycles. The molecule has 1 atom stereocenters. The van der Waals surface area contributed by atoms with E-state index in [4.69, 9.17) is 21.1 Å². The number of alkyl halides is 1. The van der Waals surface area contributed by atoms with Gasteiger partial charge in [-0.05, 0) is 31.5 Å². The topological polar surface area (TPSA) is 72.9 Å². The minimum Gasteiger partial charge on any atom is -0.482 e. The minimum atomic E-state index is -0.684. The molecule has 0 saturated heterocycles. The Balaban J connectivity index is 2.28. The van der Waals surface area contributed by atoms with Gasteiger partial charge in [0.15, 0.2) is 12.4 Å². The molecule has 0 spiro atoms. The van der Waals surface area contributed by atoms with E-state index in [2.05, 4.69) is 0 Å². The van der Waals surface area contributed by atoms with E-state index in [1.54, 1.807) is 19.1 Å². The van der Waals surface area contributed by atoms with Gasteiger partial charge in [-0.25, -0.2) is 0 Å². The quantitative estimate of drug-likeness (QED) is 0.451. The maximum absolute atomic E-state index is 12.1. The molecule has 1 unspecified atom stereocenters. The Bertz CT molecular complexity index is 629. The highest BCUT2D eigenvalue weighted by Crippen LogP contribution is 2.33. The summed E-state index contributed by atoms with van der Waals surface area (Å²) in [6.07, 6.45) is 0.700. The predicted molar refractivity (Wildman–Crippen MR) is 85.2 cm³/mol. The normalized spacial score (nSPS) is 14.7. The number of rotatable bonds is 6. The monoisotopic (exact) mass is 339 g/mol. The summed E-state index contributed by atoms with van der Waals surface area (Å²) >= 11 is 5.82. The molecule has 6 nitrogen and oxygen atoms in total. The smallest absolute Gasteiger partial charge is 0.326 e. The van der Waals surface area contributed by atoms with E-state index in [1.165, 1.54) is 11.0 Å². The zero-order chi connectivity index (χ0) is 17.0. The maximum Gasteiger partial charge on any atom is 0.326 e. The number of ether oxygens (including phenoxy) is 2. The van der Waals surface area contributed by atoms with Crippen molar-refractivity contribution in [1.29, 1.82) is 0 Å². The molecule has 1 aliphatic heterocycles. The van der Waals surface area contributed by atoms with Crippen LogP contribution in [-0.4, -0.2) is 42.8 Å². The molecule has 0 N–H and O–H groups in total. The first kappa shape index (κ1) is 17.3. The van der Waals surface area contributed by atoms with Crippen LogP contribution in [0.1, 0.15) is 30.6 Å². The van der Waals surface area contributed by atoms with Gasteiger partial charge in [-0.2, -0.15) is 0 Å². The number of carbonyl (C=O) groups is 3. The van der Waals surface area contributed by atoms with Crippen LogP contribution in [0.2, 0.25) is 0 Å². The zero-order valence-corrected chi connectivity index (χ0v) is 13.8. The number of anilines is 1. The first-order chi connectivity index (χ1) is 10.9. The van der Waals surface area contributed by atoms with Gasteiger partial charge in [0.05, 0.1) is 17.7 Å². The Labute approximate surface area is 139 Å². The van der Waals surface area contributed by atoms with Crippen LogP contribution >= 0.6 is 11.6 Å². The van der Waals surface area contributed by atoms with Gasteiger partial charge in [0.1, 0.15) is 12.3 Å². The van der Waals surface area contributed by atoms with Gasteiger partial charge >= 0.3 is 5.97 Å². The average Bonchev–Trinajstić information content (AvgIpc) is 2.54. The highest BCUT2D eigenvalue weighted by molar-refractivity contribution is 6.33. The van der Waals surface area contributed by atoms with Crippen molar-refractivity contribution in [2.45, 2.75) is 25.6 Å². The van der Waals surface area contributed by atoms with Gasteiger partial charge in [0.2, 0.25) is 0 Å². The standard InChI is InChI=1S/C16H18ClNO5/c1-3-6-22-15(20)8-18-12-7-11(16(21)10(2)17)4-5-13(12)23-9-14(18)19/h4-5,7,10H,3,6,8-9H2,1-2H3. The molecule has 1 aromatic rings. The summed E-state index contributed by atoms with van der Waals surface area (Å²) in [6.45, 7) is 3.38. The van der Waals surface area contributed by atoms with Crippen LogP contribution in [0.3, 0.4) is 0 Å². The molecule has 124 valence electrons. The molecule has 0 radical (unpaired) electrons. The second-order valence-corrected chi connectivity index (χ2v) is 5.81. The largest absolute Gasteiger partial charge is 0.482 e. The fourth-order valence-electron chi connectivity index (χ4n) is 2.15. The predicted octanol–water partition coefficient (Wildman–Crippen LogP) is 2.18. The van der Waals surface area contributed by atoms with Gasteiger partial charge in [-0.1, -0.05) is 6.92 Å². The molecule has 1 amide bonds. The molecule has 0 fully saturated rings. The number of hydrogen-bond acceptors (Lipinski definition) is 5. The Hall–Kier alpha value is -2.08. The molecule has 1 aliphatic rings. The summed E-state index contributed by atoms with van der Waals surface area (Å²) in [6, 6.07) is 4.70. The van der Waals surface area contributed by atoms with Crippen molar-refractivity contribution < 1.29 is 23.9 Å².